The first kappa shape index (κ1) is 11.3. The second-order valence-electron chi connectivity index (χ2n) is 4.55. The zero-order valence-electron chi connectivity index (χ0n) is 9.96. The molecule has 0 saturated heterocycles. The molecule has 0 aromatic carbocycles. The highest BCUT2D eigenvalue weighted by Crippen LogP contribution is 2.42. The third-order valence-corrected chi connectivity index (χ3v) is 4.49. The van der Waals surface area contributed by atoms with E-state index in [0.29, 0.717) is 11.3 Å². The van der Waals surface area contributed by atoms with E-state index in [9.17, 15) is 0 Å². The maximum Gasteiger partial charge on any atom is 0.192 e. The van der Waals surface area contributed by atoms with Crippen LogP contribution in [0.3, 0.4) is 0 Å². The average molecular weight is 265 g/mol. The molecule has 0 bridgehead atoms. The number of thiophene rings is 1. The predicted octanol–water partition coefficient (Wildman–Crippen LogP) is 3.84. The van der Waals surface area contributed by atoms with E-state index in [1.807, 2.05) is 0 Å². The molecule has 90 valence electrons. The Morgan fingerprint density at radius 2 is 2.24 bits per heavy atom. The largest absolute Gasteiger partial charge is 0.298 e. The van der Waals surface area contributed by atoms with Crippen molar-refractivity contribution in [3.63, 3.8) is 0 Å². The quantitative estimate of drug-likeness (QED) is 0.787. The molecule has 2 heterocycles. The van der Waals surface area contributed by atoms with Crippen molar-refractivity contribution in [2.75, 3.05) is 0 Å². The summed E-state index contributed by atoms with van der Waals surface area (Å²) < 4.78 is 2.33. The number of aromatic nitrogens is 3. The Morgan fingerprint density at radius 3 is 2.82 bits per heavy atom. The molecule has 1 aliphatic carbocycles. The van der Waals surface area contributed by atoms with Gasteiger partial charge in [0.2, 0.25) is 0 Å². The van der Waals surface area contributed by atoms with Gasteiger partial charge in [-0.1, -0.05) is 31.7 Å². The van der Waals surface area contributed by atoms with E-state index < -0.39 is 0 Å². The van der Waals surface area contributed by atoms with Gasteiger partial charge in [0.1, 0.15) is 0 Å². The van der Waals surface area contributed by atoms with Crippen LogP contribution >= 0.6 is 23.1 Å². The summed E-state index contributed by atoms with van der Waals surface area (Å²) in [6.45, 7) is 4.39. The second kappa shape index (κ2) is 4.46. The molecule has 5 heteroatoms. The van der Waals surface area contributed by atoms with Crippen molar-refractivity contribution in [3.05, 3.63) is 17.5 Å². The molecule has 0 amide bonds. The zero-order valence-corrected chi connectivity index (χ0v) is 11.6. The zero-order chi connectivity index (χ0) is 11.8. The molecule has 1 saturated carbocycles. The van der Waals surface area contributed by atoms with E-state index in [4.69, 9.17) is 0 Å². The van der Waals surface area contributed by atoms with Gasteiger partial charge in [-0.05, 0) is 24.3 Å². The molecule has 2 aromatic rings. The van der Waals surface area contributed by atoms with Gasteiger partial charge in [-0.3, -0.25) is 4.57 Å². The van der Waals surface area contributed by atoms with Crippen LogP contribution in [-0.2, 0) is 0 Å². The molecule has 0 aliphatic heterocycles. The smallest absolute Gasteiger partial charge is 0.192 e. The van der Waals surface area contributed by atoms with Gasteiger partial charge in [-0.15, -0.1) is 21.5 Å². The van der Waals surface area contributed by atoms with Crippen molar-refractivity contribution in [2.24, 2.45) is 0 Å². The summed E-state index contributed by atoms with van der Waals surface area (Å²) in [5.41, 5.74) is 0. The van der Waals surface area contributed by atoms with Gasteiger partial charge < -0.3 is 0 Å². The lowest BCUT2D eigenvalue weighted by Gasteiger charge is -2.08. The van der Waals surface area contributed by atoms with Crippen molar-refractivity contribution < 1.29 is 0 Å². The fourth-order valence-electron chi connectivity index (χ4n) is 1.80. The van der Waals surface area contributed by atoms with E-state index in [0.717, 1.165) is 11.0 Å². The van der Waals surface area contributed by atoms with Gasteiger partial charge in [0, 0.05) is 11.3 Å². The monoisotopic (exact) mass is 265 g/mol. The minimum atomic E-state index is 0.549. The summed E-state index contributed by atoms with van der Waals surface area (Å²) in [5, 5.41) is 12.4. The molecule has 0 atom stereocenters. The highest BCUT2D eigenvalue weighted by atomic mass is 32.2. The maximum atomic E-state index is 4.38. The van der Waals surface area contributed by atoms with E-state index in [-0.39, 0.29) is 0 Å². The second-order valence-corrected chi connectivity index (χ2v) is 7.04. The Morgan fingerprint density at radius 1 is 1.41 bits per heavy atom. The van der Waals surface area contributed by atoms with Gasteiger partial charge in [0.25, 0.3) is 0 Å². The van der Waals surface area contributed by atoms with Gasteiger partial charge in [-0.2, -0.15) is 0 Å². The number of rotatable bonds is 4. The SMILES string of the molecule is CC(C)Sc1nnc(-c2cccs2)n1C1CC1. The number of hydrogen-bond acceptors (Lipinski definition) is 4. The van der Waals surface area contributed by atoms with E-state index in [1.165, 1.54) is 17.7 Å². The molecule has 0 unspecified atom stereocenters. The van der Waals surface area contributed by atoms with E-state index in [2.05, 4.69) is 46.1 Å². The third-order valence-electron chi connectivity index (χ3n) is 2.66. The lowest BCUT2D eigenvalue weighted by Crippen LogP contribution is -2.00. The van der Waals surface area contributed by atoms with Crippen molar-refractivity contribution >= 4 is 23.1 Å². The maximum absolute atomic E-state index is 4.38. The first-order valence-corrected chi connectivity index (χ1v) is 7.67. The van der Waals surface area contributed by atoms with Crippen LogP contribution in [0.4, 0.5) is 0 Å². The fraction of sp³-hybridized carbons (Fsp3) is 0.500. The minimum absolute atomic E-state index is 0.549. The predicted molar refractivity (Wildman–Crippen MR) is 72.6 cm³/mol. The molecule has 1 fully saturated rings. The fourth-order valence-corrected chi connectivity index (χ4v) is 3.37. The lowest BCUT2D eigenvalue weighted by molar-refractivity contribution is 0.669. The van der Waals surface area contributed by atoms with Crippen molar-refractivity contribution in [3.8, 4) is 10.7 Å². The van der Waals surface area contributed by atoms with Gasteiger partial charge in [0.15, 0.2) is 11.0 Å². The van der Waals surface area contributed by atoms with Crippen molar-refractivity contribution in [1.82, 2.24) is 14.8 Å². The molecule has 3 nitrogen and oxygen atoms in total. The molecule has 3 rings (SSSR count). The van der Waals surface area contributed by atoms with Crippen LogP contribution in [0.15, 0.2) is 22.7 Å². The first-order chi connectivity index (χ1) is 8.25. The van der Waals surface area contributed by atoms with Crippen LogP contribution in [-0.4, -0.2) is 20.0 Å². The first-order valence-electron chi connectivity index (χ1n) is 5.91. The Labute approximate surface area is 109 Å². The highest BCUT2D eigenvalue weighted by Gasteiger charge is 2.30. The molecule has 2 aromatic heterocycles. The average Bonchev–Trinajstić information content (AvgIpc) is 2.83. The molecular formula is C12H15N3S2. The van der Waals surface area contributed by atoms with Crippen LogP contribution in [0.2, 0.25) is 0 Å². The Bertz CT molecular complexity index is 498. The van der Waals surface area contributed by atoms with Crippen molar-refractivity contribution in [1.29, 1.82) is 0 Å². The third kappa shape index (κ3) is 2.26. The van der Waals surface area contributed by atoms with Gasteiger partial charge >= 0.3 is 0 Å². The molecule has 0 N–H and O–H groups in total. The van der Waals surface area contributed by atoms with Crippen LogP contribution < -0.4 is 0 Å². The highest BCUT2D eigenvalue weighted by molar-refractivity contribution is 7.99. The topological polar surface area (TPSA) is 30.7 Å². The van der Waals surface area contributed by atoms with Gasteiger partial charge in [-0.25, -0.2) is 0 Å². The summed E-state index contributed by atoms with van der Waals surface area (Å²) in [6, 6.07) is 4.82. The lowest BCUT2D eigenvalue weighted by atomic mass is 10.4. The Hall–Kier alpha value is -0.810. The number of hydrogen-bond donors (Lipinski definition) is 0. The van der Waals surface area contributed by atoms with Gasteiger partial charge in [0.05, 0.1) is 4.88 Å². The summed E-state index contributed by atoms with van der Waals surface area (Å²) in [4.78, 5) is 1.22. The standard InChI is InChI=1S/C12H15N3S2/c1-8(2)17-12-14-13-11(10-4-3-7-16-10)15(12)9-5-6-9/h3-4,7-9H,5-6H2,1-2H3. The summed E-state index contributed by atoms with van der Waals surface area (Å²) >= 11 is 3.54. The van der Waals surface area contributed by atoms with Crippen molar-refractivity contribution in [2.45, 2.75) is 43.1 Å². The molecule has 0 radical (unpaired) electrons. The summed E-state index contributed by atoms with van der Waals surface area (Å²) in [6.07, 6.45) is 2.53. The minimum Gasteiger partial charge on any atom is -0.298 e. The normalized spacial score (nSPS) is 15.7. The Kier molecular flexibility index (Phi) is 2.96. The van der Waals surface area contributed by atoms with Crippen LogP contribution in [0.5, 0.6) is 0 Å². The molecule has 17 heavy (non-hydrogen) atoms. The van der Waals surface area contributed by atoms with E-state index >= 15 is 0 Å². The van der Waals surface area contributed by atoms with Crippen LogP contribution in [0, 0.1) is 0 Å². The number of thioether (sulfide) groups is 1. The molecular weight excluding hydrogens is 250 g/mol. The van der Waals surface area contributed by atoms with Crippen LogP contribution in [0.1, 0.15) is 32.7 Å². The summed E-state index contributed by atoms with van der Waals surface area (Å²) in [5.74, 6) is 1.05. The van der Waals surface area contributed by atoms with Crippen LogP contribution in [0.25, 0.3) is 10.7 Å². The summed E-state index contributed by atoms with van der Waals surface area (Å²) in [7, 11) is 0. The molecule has 1 aliphatic rings. The molecule has 0 spiro atoms. The Balaban J connectivity index is 2.01. The number of nitrogens with zero attached hydrogens (tertiary/aromatic N) is 3. The van der Waals surface area contributed by atoms with E-state index in [1.54, 1.807) is 23.1 Å².